The summed E-state index contributed by atoms with van der Waals surface area (Å²) >= 11 is 6.19. The number of anilines is 2. The number of carbonyl (C=O) groups excluding carboxylic acids is 1. The van der Waals surface area contributed by atoms with Gasteiger partial charge < -0.3 is 10.1 Å². The number of hydrogen-bond acceptors (Lipinski definition) is 4. The number of carbonyl (C=O) groups is 1. The fourth-order valence-electron chi connectivity index (χ4n) is 3.28. The number of sulfonamides is 1. The standard InChI is InChI=1S/C24H25ClN2O4S/c1-17-22(25)8-5-9-23(17)27(32(3,29)30)15-18-10-12-20(13-11-18)24(28)26-21-7-4-6-19(14-21)16-31-2/h4-14H,15-16H2,1-3H3,(H,26,28). The van der Waals surface area contributed by atoms with Crippen LogP contribution in [-0.4, -0.2) is 27.7 Å². The lowest BCUT2D eigenvalue weighted by molar-refractivity contribution is 0.102. The van der Waals surface area contributed by atoms with Crippen LogP contribution in [0.4, 0.5) is 11.4 Å². The van der Waals surface area contributed by atoms with Crippen LogP contribution in [0.5, 0.6) is 0 Å². The first-order valence-electron chi connectivity index (χ1n) is 9.90. The lowest BCUT2D eigenvalue weighted by Crippen LogP contribution is -2.30. The van der Waals surface area contributed by atoms with Crippen molar-refractivity contribution in [2.45, 2.75) is 20.1 Å². The predicted molar refractivity (Wildman–Crippen MR) is 129 cm³/mol. The third-order valence-electron chi connectivity index (χ3n) is 4.95. The molecule has 1 N–H and O–H groups in total. The maximum absolute atomic E-state index is 12.6. The van der Waals surface area contributed by atoms with Crippen molar-refractivity contribution < 1.29 is 17.9 Å². The van der Waals surface area contributed by atoms with Crippen molar-refractivity contribution in [3.63, 3.8) is 0 Å². The van der Waals surface area contributed by atoms with Crippen molar-refractivity contribution in [3.05, 3.63) is 94.0 Å². The number of ether oxygens (including phenoxy) is 1. The molecule has 8 heteroatoms. The molecule has 0 bridgehead atoms. The van der Waals surface area contributed by atoms with Crippen molar-refractivity contribution in [1.29, 1.82) is 0 Å². The minimum atomic E-state index is -3.55. The average molecular weight is 473 g/mol. The summed E-state index contributed by atoms with van der Waals surface area (Å²) in [5.41, 5.74) is 4.05. The van der Waals surface area contributed by atoms with Gasteiger partial charge in [0.15, 0.2) is 0 Å². The molecule has 3 aromatic rings. The quantitative estimate of drug-likeness (QED) is 0.499. The summed E-state index contributed by atoms with van der Waals surface area (Å²) in [7, 11) is -1.93. The Labute approximate surface area is 193 Å². The molecular weight excluding hydrogens is 448 g/mol. The molecule has 0 saturated heterocycles. The Kier molecular flexibility index (Phi) is 7.56. The first-order chi connectivity index (χ1) is 15.2. The van der Waals surface area contributed by atoms with E-state index in [-0.39, 0.29) is 12.5 Å². The van der Waals surface area contributed by atoms with Crippen LogP contribution in [0.1, 0.15) is 27.0 Å². The number of hydrogen-bond donors (Lipinski definition) is 1. The molecule has 0 saturated carbocycles. The van der Waals surface area contributed by atoms with Crippen LogP contribution in [0.3, 0.4) is 0 Å². The highest BCUT2D eigenvalue weighted by Crippen LogP contribution is 2.29. The van der Waals surface area contributed by atoms with Gasteiger partial charge in [-0.3, -0.25) is 9.10 Å². The second-order valence-electron chi connectivity index (χ2n) is 7.44. The van der Waals surface area contributed by atoms with Gasteiger partial charge >= 0.3 is 0 Å². The van der Waals surface area contributed by atoms with Crippen molar-refractivity contribution in [2.75, 3.05) is 23.0 Å². The molecule has 1 amide bonds. The summed E-state index contributed by atoms with van der Waals surface area (Å²) in [4.78, 5) is 12.6. The Morgan fingerprint density at radius 1 is 1.03 bits per heavy atom. The Hall–Kier alpha value is -2.87. The van der Waals surface area contributed by atoms with E-state index >= 15 is 0 Å². The third-order valence-corrected chi connectivity index (χ3v) is 6.48. The number of halogens is 1. The third kappa shape index (κ3) is 5.88. The highest BCUT2D eigenvalue weighted by Gasteiger charge is 2.20. The minimum Gasteiger partial charge on any atom is -0.380 e. The van der Waals surface area contributed by atoms with E-state index in [1.165, 1.54) is 4.31 Å². The molecular formula is C24H25ClN2O4S. The second-order valence-corrected chi connectivity index (χ2v) is 9.75. The number of methoxy groups -OCH3 is 1. The van der Waals surface area contributed by atoms with Crippen LogP contribution in [0, 0.1) is 6.92 Å². The zero-order valence-corrected chi connectivity index (χ0v) is 19.7. The van der Waals surface area contributed by atoms with E-state index in [1.807, 2.05) is 24.3 Å². The van der Waals surface area contributed by atoms with Gasteiger partial charge in [-0.15, -0.1) is 0 Å². The monoisotopic (exact) mass is 472 g/mol. The zero-order valence-electron chi connectivity index (χ0n) is 18.1. The summed E-state index contributed by atoms with van der Waals surface area (Å²) in [6.07, 6.45) is 1.16. The molecule has 0 unspecified atom stereocenters. The average Bonchev–Trinajstić information content (AvgIpc) is 2.74. The molecule has 0 aliphatic rings. The van der Waals surface area contributed by atoms with Gasteiger partial charge in [0.05, 0.1) is 25.1 Å². The van der Waals surface area contributed by atoms with E-state index < -0.39 is 10.0 Å². The summed E-state index contributed by atoms with van der Waals surface area (Å²) in [5.74, 6) is -0.253. The van der Waals surface area contributed by atoms with Crippen molar-refractivity contribution in [2.24, 2.45) is 0 Å². The van der Waals surface area contributed by atoms with Crippen molar-refractivity contribution in [1.82, 2.24) is 0 Å². The van der Waals surface area contributed by atoms with E-state index in [4.69, 9.17) is 16.3 Å². The lowest BCUT2D eigenvalue weighted by Gasteiger charge is -2.24. The van der Waals surface area contributed by atoms with Crippen molar-refractivity contribution >= 4 is 38.9 Å². The number of nitrogens with zero attached hydrogens (tertiary/aromatic N) is 1. The van der Waals surface area contributed by atoms with E-state index in [9.17, 15) is 13.2 Å². The molecule has 0 spiro atoms. The topological polar surface area (TPSA) is 75.7 Å². The van der Waals surface area contributed by atoms with Crippen LogP contribution >= 0.6 is 11.6 Å². The first-order valence-corrected chi connectivity index (χ1v) is 12.1. The molecule has 0 aliphatic carbocycles. The fourth-order valence-corrected chi connectivity index (χ4v) is 4.39. The van der Waals surface area contributed by atoms with Crippen LogP contribution in [0.25, 0.3) is 0 Å². The second kappa shape index (κ2) is 10.2. The minimum absolute atomic E-state index is 0.126. The molecule has 3 aromatic carbocycles. The maximum atomic E-state index is 12.6. The van der Waals surface area contributed by atoms with Crippen LogP contribution in [-0.2, 0) is 27.9 Å². The lowest BCUT2D eigenvalue weighted by atomic mass is 10.1. The van der Waals surface area contributed by atoms with Gasteiger partial charge in [-0.05, 0) is 60.0 Å². The number of benzene rings is 3. The van der Waals surface area contributed by atoms with Gasteiger partial charge in [0.1, 0.15) is 0 Å². The van der Waals surface area contributed by atoms with Gasteiger partial charge in [0.2, 0.25) is 10.0 Å². The molecule has 0 radical (unpaired) electrons. The van der Waals surface area contributed by atoms with Crippen LogP contribution in [0.2, 0.25) is 5.02 Å². The molecule has 168 valence electrons. The highest BCUT2D eigenvalue weighted by atomic mass is 35.5. The normalized spacial score (nSPS) is 11.2. The first kappa shape index (κ1) is 23.8. The Balaban J connectivity index is 1.77. The largest absolute Gasteiger partial charge is 0.380 e. The maximum Gasteiger partial charge on any atom is 0.255 e. The summed E-state index contributed by atoms with van der Waals surface area (Å²) in [6, 6.07) is 19.4. The molecule has 0 aliphatic heterocycles. The van der Waals surface area contributed by atoms with E-state index in [0.717, 1.165) is 17.4 Å². The SMILES string of the molecule is COCc1cccc(NC(=O)c2ccc(CN(c3cccc(Cl)c3C)S(C)(=O)=O)cc2)c1. The number of rotatable bonds is 8. The van der Waals surface area contributed by atoms with E-state index in [1.54, 1.807) is 56.5 Å². The molecule has 0 heterocycles. The molecule has 0 aromatic heterocycles. The van der Waals surface area contributed by atoms with Gasteiger partial charge in [-0.1, -0.05) is 41.9 Å². The summed E-state index contributed by atoms with van der Waals surface area (Å²) < 4.78 is 31.4. The molecule has 0 fully saturated rings. The van der Waals surface area contributed by atoms with Gasteiger partial charge in [0, 0.05) is 23.4 Å². The highest BCUT2D eigenvalue weighted by molar-refractivity contribution is 7.92. The van der Waals surface area contributed by atoms with Gasteiger partial charge in [-0.2, -0.15) is 0 Å². The fraction of sp³-hybridized carbons (Fsp3) is 0.208. The molecule has 3 rings (SSSR count). The Morgan fingerprint density at radius 3 is 2.38 bits per heavy atom. The van der Waals surface area contributed by atoms with Gasteiger partial charge in [0.25, 0.3) is 5.91 Å². The Bertz CT molecular complexity index is 1210. The zero-order chi connectivity index (χ0) is 23.3. The number of amides is 1. The predicted octanol–water partition coefficient (Wildman–Crippen LogP) is 5.01. The van der Waals surface area contributed by atoms with Crippen LogP contribution in [0.15, 0.2) is 66.7 Å². The van der Waals surface area contributed by atoms with Crippen molar-refractivity contribution in [3.8, 4) is 0 Å². The molecule has 0 atom stereocenters. The molecule has 32 heavy (non-hydrogen) atoms. The smallest absolute Gasteiger partial charge is 0.255 e. The van der Waals surface area contributed by atoms with E-state index in [2.05, 4.69) is 5.32 Å². The summed E-state index contributed by atoms with van der Waals surface area (Å²) in [5, 5.41) is 3.36. The van der Waals surface area contributed by atoms with E-state index in [0.29, 0.717) is 34.1 Å². The number of nitrogens with one attached hydrogen (secondary N) is 1. The summed E-state index contributed by atoms with van der Waals surface area (Å²) in [6.45, 7) is 2.37. The van der Waals surface area contributed by atoms with Gasteiger partial charge in [-0.25, -0.2) is 8.42 Å². The Morgan fingerprint density at radius 2 is 1.72 bits per heavy atom. The molecule has 6 nitrogen and oxygen atoms in total. The van der Waals surface area contributed by atoms with Crippen LogP contribution < -0.4 is 9.62 Å².